The van der Waals surface area contributed by atoms with Crippen LogP contribution in [0.3, 0.4) is 0 Å². The number of hydrogen-bond acceptors (Lipinski definition) is 2. The van der Waals surface area contributed by atoms with E-state index in [1.807, 2.05) is 0 Å². The monoisotopic (exact) mass is 268 g/mol. The van der Waals surface area contributed by atoms with Crippen LogP contribution in [0.2, 0.25) is 0 Å². The molecule has 0 bridgehead atoms. The lowest BCUT2D eigenvalue weighted by Crippen LogP contribution is -2.45. The molecule has 0 radical (unpaired) electrons. The lowest BCUT2D eigenvalue weighted by molar-refractivity contribution is 0.0614. The quantitative estimate of drug-likeness (QED) is 0.892. The fraction of sp³-hybridized carbons (Fsp3) is 0.500. The first-order valence-electron chi connectivity index (χ1n) is 6.47. The van der Waals surface area contributed by atoms with Gasteiger partial charge in [0, 0.05) is 19.2 Å². The number of carbonyl (C=O) groups is 1. The zero-order valence-corrected chi connectivity index (χ0v) is 10.9. The minimum Gasteiger partial charge on any atom is -0.338 e. The SMILES string of the molecule is CC1CCN(C(=O)c2ccc(F)cc2F)CC1CN. The molecule has 0 spiro atoms. The van der Waals surface area contributed by atoms with Crippen LogP contribution >= 0.6 is 0 Å². The summed E-state index contributed by atoms with van der Waals surface area (Å²) in [5.41, 5.74) is 5.61. The van der Waals surface area contributed by atoms with Crippen molar-refractivity contribution in [2.75, 3.05) is 19.6 Å². The predicted octanol–water partition coefficient (Wildman–Crippen LogP) is 2.02. The van der Waals surface area contributed by atoms with E-state index in [1.165, 1.54) is 6.07 Å². The smallest absolute Gasteiger partial charge is 0.256 e. The molecule has 19 heavy (non-hydrogen) atoms. The van der Waals surface area contributed by atoms with Crippen molar-refractivity contribution in [2.45, 2.75) is 13.3 Å². The van der Waals surface area contributed by atoms with Crippen molar-refractivity contribution in [3.05, 3.63) is 35.4 Å². The Kier molecular flexibility index (Phi) is 4.14. The van der Waals surface area contributed by atoms with Gasteiger partial charge in [0.05, 0.1) is 5.56 Å². The third kappa shape index (κ3) is 2.92. The molecule has 104 valence electrons. The highest BCUT2D eigenvalue weighted by Gasteiger charge is 2.29. The van der Waals surface area contributed by atoms with Crippen LogP contribution in [0.25, 0.3) is 0 Å². The van der Waals surface area contributed by atoms with Crippen LogP contribution in [0, 0.1) is 23.5 Å². The molecule has 1 fully saturated rings. The Balaban J connectivity index is 2.15. The van der Waals surface area contributed by atoms with Gasteiger partial charge in [-0.25, -0.2) is 8.78 Å². The number of piperidine rings is 1. The Hall–Kier alpha value is -1.49. The first-order chi connectivity index (χ1) is 9.02. The summed E-state index contributed by atoms with van der Waals surface area (Å²) in [6.45, 7) is 3.75. The number of nitrogens with two attached hydrogens (primary N) is 1. The highest BCUT2D eigenvalue weighted by atomic mass is 19.1. The maximum Gasteiger partial charge on any atom is 0.256 e. The van der Waals surface area contributed by atoms with Crippen molar-refractivity contribution < 1.29 is 13.6 Å². The summed E-state index contributed by atoms with van der Waals surface area (Å²) in [4.78, 5) is 13.8. The molecule has 2 atom stereocenters. The normalized spacial score (nSPS) is 23.5. The largest absolute Gasteiger partial charge is 0.338 e. The average molecular weight is 268 g/mol. The van der Waals surface area contributed by atoms with E-state index < -0.39 is 11.6 Å². The van der Waals surface area contributed by atoms with Crippen molar-refractivity contribution in [3.63, 3.8) is 0 Å². The molecule has 0 aromatic heterocycles. The van der Waals surface area contributed by atoms with E-state index in [1.54, 1.807) is 4.90 Å². The summed E-state index contributed by atoms with van der Waals surface area (Å²) in [6, 6.07) is 3.03. The highest BCUT2D eigenvalue weighted by molar-refractivity contribution is 5.94. The molecule has 1 heterocycles. The minimum absolute atomic E-state index is 0.0771. The maximum atomic E-state index is 13.6. The topological polar surface area (TPSA) is 46.3 Å². The third-order valence-electron chi connectivity index (χ3n) is 3.87. The van der Waals surface area contributed by atoms with Crippen LogP contribution in [0.15, 0.2) is 18.2 Å². The Morgan fingerprint density at radius 3 is 2.84 bits per heavy atom. The summed E-state index contributed by atoms with van der Waals surface area (Å²) in [5, 5.41) is 0. The Bertz CT molecular complexity index is 479. The summed E-state index contributed by atoms with van der Waals surface area (Å²) >= 11 is 0. The highest BCUT2D eigenvalue weighted by Crippen LogP contribution is 2.24. The van der Waals surface area contributed by atoms with Gasteiger partial charge in [-0.05, 0) is 36.9 Å². The number of rotatable bonds is 2. The number of amides is 1. The fourth-order valence-electron chi connectivity index (χ4n) is 2.47. The second-order valence-electron chi connectivity index (χ2n) is 5.14. The molecule has 1 saturated heterocycles. The number of carbonyl (C=O) groups excluding carboxylic acids is 1. The van der Waals surface area contributed by atoms with E-state index in [0.29, 0.717) is 25.6 Å². The van der Waals surface area contributed by atoms with Crippen LogP contribution < -0.4 is 5.73 Å². The lowest BCUT2D eigenvalue weighted by Gasteiger charge is -2.36. The first-order valence-corrected chi connectivity index (χ1v) is 6.47. The number of halogens is 2. The number of hydrogen-bond donors (Lipinski definition) is 1. The Morgan fingerprint density at radius 2 is 2.21 bits per heavy atom. The van der Waals surface area contributed by atoms with Gasteiger partial charge in [0.1, 0.15) is 11.6 Å². The molecule has 3 nitrogen and oxygen atoms in total. The third-order valence-corrected chi connectivity index (χ3v) is 3.87. The Morgan fingerprint density at radius 1 is 1.47 bits per heavy atom. The summed E-state index contributed by atoms with van der Waals surface area (Å²) in [6.07, 6.45) is 0.858. The van der Waals surface area contributed by atoms with Crippen LogP contribution in [0.1, 0.15) is 23.7 Å². The van der Waals surface area contributed by atoms with Gasteiger partial charge in [-0.3, -0.25) is 4.79 Å². The molecule has 0 saturated carbocycles. The number of likely N-dealkylation sites (tertiary alicyclic amines) is 1. The van der Waals surface area contributed by atoms with Crippen molar-refractivity contribution in [2.24, 2.45) is 17.6 Å². The molecule has 2 rings (SSSR count). The van der Waals surface area contributed by atoms with Crippen LogP contribution in [0.5, 0.6) is 0 Å². The van der Waals surface area contributed by atoms with Crippen molar-refractivity contribution in [1.29, 1.82) is 0 Å². The van der Waals surface area contributed by atoms with Gasteiger partial charge < -0.3 is 10.6 Å². The molecule has 0 aliphatic carbocycles. The van der Waals surface area contributed by atoms with Gasteiger partial charge in [-0.2, -0.15) is 0 Å². The maximum absolute atomic E-state index is 13.6. The van der Waals surface area contributed by atoms with E-state index in [-0.39, 0.29) is 17.4 Å². The van der Waals surface area contributed by atoms with Crippen molar-refractivity contribution in [3.8, 4) is 0 Å². The molecular formula is C14H18F2N2O. The number of nitrogens with zero attached hydrogens (tertiary/aromatic N) is 1. The Labute approximate surface area is 111 Å². The van der Waals surface area contributed by atoms with Crippen molar-refractivity contribution >= 4 is 5.91 Å². The van der Waals surface area contributed by atoms with Gasteiger partial charge >= 0.3 is 0 Å². The molecular weight excluding hydrogens is 250 g/mol. The van der Waals surface area contributed by atoms with Gasteiger partial charge in [0.2, 0.25) is 0 Å². The zero-order chi connectivity index (χ0) is 14.0. The molecule has 2 N–H and O–H groups in total. The first kappa shape index (κ1) is 13.9. The van der Waals surface area contributed by atoms with Crippen molar-refractivity contribution in [1.82, 2.24) is 4.90 Å². The molecule has 1 aliphatic heterocycles. The second kappa shape index (κ2) is 5.65. The lowest BCUT2D eigenvalue weighted by atomic mass is 9.87. The van der Waals surface area contributed by atoms with Crippen LogP contribution in [-0.4, -0.2) is 30.4 Å². The van der Waals surface area contributed by atoms with Gasteiger partial charge in [-0.1, -0.05) is 6.92 Å². The van der Waals surface area contributed by atoms with E-state index in [4.69, 9.17) is 5.73 Å². The van der Waals surface area contributed by atoms with E-state index in [0.717, 1.165) is 18.6 Å². The molecule has 1 amide bonds. The van der Waals surface area contributed by atoms with E-state index in [2.05, 4.69) is 6.92 Å². The van der Waals surface area contributed by atoms with Gasteiger partial charge in [0.15, 0.2) is 0 Å². The van der Waals surface area contributed by atoms with Gasteiger partial charge in [0.25, 0.3) is 5.91 Å². The molecule has 5 heteroatoms. The van der Waals surface area contributed by atoms with Crippen LogP contribution in [0.4, 0.5) is 8.78 Å². The second-order valence-corrected chi connectivity index (χ2v) is 5.14. The molecule has 1 aliphatic rings. The van der Waals surface area contributed by atoms with Crippen LogP contribution in [-0.2, 0) is 0 Å². The predicted molar refractivity (Wildman–Crippen MR) is 68.6 cm³/mol. The summed E-state index contributed by atoms with van der Waals surface area (Å²) in [7, 11) is 0. The fourth-order valence-corrected chi connectivity index (χ4v) is 2.47. The van der Waals surface area contributed by atoms with Gasteiger partial charge in [-0.15, -0.1) is 0 Å². The summed E-state index contributed by atoms with van der Waals surface area (Å²) < 4.78 is 26.4. The minimum atomic E-state index is -0.812. The summed E-state index contributed by atoms with van der Waals surface area (Å²) in [5.74, 6) is -1.18. The average Bonchev–Trinajstić information content (AvgIpc) is 2.38. The molecule has 1 aromatic carbocycles. The molecule has 2 unspecified atom stereocenters. The van der Waals surface area contributed by atoms with E-state index >= 15 is 0 Å². The molecule has 1 aromatic rings. The standard InChI is InChI=1S/C14H18F2N2O/c1-9-4-5-18(8-10(9)7-17)14(19)12-3-2-11(15)6-13(12)16/h2-3,6,9-10H,4-5,7-8,17H2,1H3. The zero-order valence-electron chi connectivity index (χ0n) is 10.9. The number of benzene rings is 1. The van der Waals surface area contributed by atoms with E-state index in [9.17, 15) is 13.6 Å².